The maximum absolute atomic E-state index is 3.76. The van der Waals surface area contributed by atoms with Gasteiger partial charge in [0.1, 0.15) is 0 Å². The fourth-order valence-corrected chi connectivity index (χ4v) is 1.90. The summed E-state index contributed by atoms with van der Waals surface area (Å²) in [5.41, 5.74) is 4.48. The Balaban J connectivity index is 2.35. The molecule has 2 aromatic rings. The molecule has 88 valence electrons. The molecule has 0 unspecified atom stereocenters. The van der Waals surface area contributed by atoms with E-state index in [1.807, 2.05) is 12.2 Å². The Morgan fingerprint density at radius 3 is 1.61 bits per heavy atom. The van der Waals surface area contributed by atoms with Crippen molar-refractivity contribution in [2.24, 2.45) is 0 Å². The van der Waals surface area contributed by atoms with Gasteiger partial charge in [0, 0.05) is 0 Å². The quantitative estimate of drug-likeness (QED) is 0.670. The summed E-state index contributed by atoms with van der Waals surface area (Å²) in [6, 6.07) is 19.2. The maximum atomic E-state index is 3.76. The molecule has 0 aliphatic rings. The van der Waals surface area contributed by atoms with E-state index in [0.29, 0.717) is 0 Å². The van der Waals surface area contributed by atoms with Crippen molar-refractivity contribution < 1.29 is 0 Å². The average Bonchev–Trinajstić information content (AvgIpc) is 2.40. The second-order valence-corrected chi connectivity index (χ2v) is 4.16. The van der Waals surface area contributed by atoms with E-state index in [1.165, 1.54) is 0 Å². The molecule has 2 rings (SSSR count). The van der Waals surface area contributed by atoms with Crippen LogP contribution in [0.25, 0.3) is 11.1 Å². The third-order valence-corrected chi connectivity index (χ3v) is 2.73. The van der Waals surface area contributed by atoms with Crippen molar-refractivity contribution in [1.82, 2.24) is 0 Å². The van der Waals surface area contributed by atoms with Crippen molar-refractivity contribution in [3.05, 3.63) is 85.0 Å². The molecule has 2 aromatic carbocycles. The van der Waals surface area contributed by atoms with E-state index in [1.54, 1.807) is 0 Å². The van der Waals surface area contributed by atoms with Gasteiger partial charge in [0.15, 0.2) is 0 Å². The summed E-state index contributed by atoms with van der Waals surface area (Å²) in [6.07, 6.45) is 5.49. The van der Waals surface area contributed by atoms with Gasteiger partial charge in [0.05, 0.1) is 0 Å². The molecule has 0 bridgehead atoms. The van der Waals surface area contributed by atoms with Gasteiger partial charge in [-0.25, -0.2) is 0 Å². The second kappa shape index (κ2) is 6.02. The fourth-order valence-electron chi connectivity index (χ4n) is 1.90. The van der Waals surface area contributed by atoms with Gasteiger partial charge in [0.2, 0.25) is 0 Å². The van der Waals surface area contributed by atoms with Crippen LogP contribution in [0.1, 0.15) is 11.1 Å². The van der Waals surface area contributed by atoms with E-state index in [2.05, 4.69) is 61.7 Å². The molecule has 0 amide bonds. The second-order valence-electron chi connectivity index (χ2n) is 4.16. The van der Waals surface area contributed by atoms with Gasteiger partial charge in [-0.05, 0) is 47.2 Å². The maximum Gasteiger partial charge on any atom is -0.00608 e. The number of hydrogen-bond acceptors (Lipinski definition) is 0. The Kier molecular flexibility index (Phi) is 4.14. The van der Waals surface area contributed by atoms with E-state index in [9.17, 15) is 0 Å². The Hall–Kier alpha value is -2.08. The predicted molar refractivity (Wildman–Crippen MR) is 77.4 cm³/mol. The molecule has 0 spiro atoms. The molecule has 0 aliphatic carbocycles. The lowest BCUT2D eigenvalue weighted by Crippen LogP contribution is -1.87. The first-order valence-corrected chi connectivity index (χ1v) is 6.08. The Labute approximate surface area is 109 Å². The third kappa shape index (κ3) is 2.98. The molecule has 2 radical (unpaired) electrons. The zero-order valence-corrected chi connectivity index (χ0v) is 10.4. The number of allylic oxidation sites excluding steroid dienone is 2. The summed E-state index contributed by atoms with van der Waals surface area (Å²) in [4.78, 5) is 0. The average molecular weight is 232 g/mol. The molecule has 0 heteroatoms. The van der Waals surface area contributed by atoms with E-state index in [4.69, 9.17) is 0 Å². The van der Waals surface area contributed by atoms with Gasteiger partial charge in [-0.15, -0.1) is 13.2 Å². The van der Waals surface area contributed by atoms with E-state index in [0.717, 1.165) is 35.1 Å². The van der Waals surface area contributed by atoms with Crippen molar-refractivity contribution in [2.45, 2.75) is 12.8 Å². The summed E-state index contributed by atoms with van der Waals surface area (Å²) >= 11 is 0. The van der Waals surface area contributed by atoms with Crippen LogP contribution in [-0.4, -0.2) is 0 Å². The lowest BCUT2D eigenvalue weighted by atomic mass is 9.99. The van der Waals surface area contributed by atoms with Crippen molar-refractivity contribution in [1.29, 1.82) is 0 Å². The molecular formula is C18H16. The molecule has 0 nitrogen and oxygen atoms in total. The van der Waals surface area contributed by atoms with Gasteiger partial charge < -0.3 is 0 Å². The van der Waals surface area contributed by atoms with E-state index < -0.39 is 0 Å². The topological polar surface area (TPSA) is 0 Å². The molecule has 0 aliphatic heterocycles. The lowest BCUT2D eigenvalue weighted by Gasteiger charge is -2.05. The Bertz CT molecular complexity index is 498. The van der Waals surface area contributed by atoms with Gasteiger partial charge in [-0.3, -0.25) is 0 Å². The standard InChI is InChI=1S/C18H16/c1-3-7-15-9-5-11-17(13-15)18-12-6-10-16(14-18)8-4-2/h3-6,9-12H,1-2,7-8H2. The predicted octanol–water partition coefficient (Wildman–Crippen LogP) is 4.41. The minimum absolute atomic E-state index is 0.847. The van der Waals surface area contributed by atoms with Crippen LogP contribution in [0.3, 0.4) is 0 Å². The first kappa shape index (κ1) is 12.4. The number of hydrogen-bond donors (Lipinski definition) is 0. The highest BCUT2D eigenvalue weighted by Crippen LogP contribution is 2.21. The fraction of sp³-hybridized carbons (Fsp3) is 0.111. The smallest absolute Gasteiger partial charge is 0.00608 e. The molecule has 0 atom stereocenters. The number of benzene rings is 2. The molecule has 0 saturated carbocycles. The highest BCUT2D eigenvalue weighted by molar-refractivity contribution is 5.63. The molecule has 0 N–H and O–H groups in total. The van der Waals surface area contributed by atoms with Crippen LogP contribution in [0.4, 0.5) is 0 Å². The largest absolute Gasteiger partial charge is 0.103 e. The third-order valence-electron chi connectivity index (χ3n) is 2.73. The van der Waals surface area contributed by atoms with Gasteiger partial charge in [0.25, 0.3) is 0 Å². The molecule has 0 fully saturated rings. The first-order chi connectivity index (χ1) is 8.83. The van der Waals surface area contributed by atoms with Crippen molar-refractivity contribution >= 4 is 0 Å². The molecule has 0 heterocycles. The summed E-state index contributed by atoms with van der Waals surface area (Å²) in [5.74, 6) is 0. The van der Waals surface area contributed by atoms with Crippen LogP contribution < -0.4 is 0 Å². The van der Waals surface area contributed by atoms with Crippen LogP contribution in [0.5, 0.6) is 0 Å². The molecular weight excluding hydrogens is 216 g/mol. The molecule has 0 aromatic heterocycles. The molecule has 18 heavy (non-hydrogen) atoms. The van der Waals surface area contributed by atoms with Crippen LogP contribution in [0, 0.1) is 12.1 Å². The zero-order chi connectivity index (χ0) is 12.8. The highest BCUT2D eigenvalue weighted by atomic mass is 14.0. The van der Waals surface area contributed by atoms with Crippen LogP contribution >= 0.6 is 0 Å². The van der Waals surface area contributed by atoms with E-state index >= 15 is 0 Å². The summed E-state index contributed by atoms with van der Waals surface area (Å²) in [5, 5.41) is 0. The Morgan fingerprint density at radius 2 is 1.22 bits per heavy atom. The summed E-state index contributed by atoms with van der Waals surface area (Å²) < 4.78 is 0. The number of rotatable bonds is 5. The minimum Gasteiger partial charge on any atom is -0.103 e. The van der Waals surface area contributed by atoms with Gasteiger partial charge in [-0.1, -0.05) is 48.6 Å². The Morgan fingerprint density at radius 1 is 0.778 bits per heavy atom. The summed E-state index contributed by atoms with van der Waals surface area (Å²) in [7, 11) is 0. The van der Waals surface area contributed by atoms with Crippen molar-refractivity contribution in [2.75, 3.05) is 0 Å². The summed E-state index contributed by atoms with van der Waals surface area (Å²) in [6.45, 7) is 7.52. The molecule has 0 saturated heterocycles. The van der Waals surface area contributed by atoms with Crippen LogP contribution in [-0.2, 0) is 12.8 Å². The normalized spacial score (nSPS) is 10.0. The van der Waals surface area contributed by atoms with Crippen molar-refractivity contribution in [3.63, 3.8) is 0 Å². The van der Waals surface area contributed by atoms with Crippen molar-refractivity contribution in [3.8, 4) is 11.1 Å². The lowest BCUT2D eigenvalue weighted by molar-refractivity contribution is 1.26. The minimum atomic E-state index is 0.847. The first-order valence-electron chi connectivity index (χ1n) is 6.08. The van der Waals surface area contributed by atoms with E-state index in [-0.39, 0.29) is 0 Å². The SMILES string of the molecule is C=CCc1[c]c(-c2[c]c(CC=C)ccc2)ccc1. The van der Waals surface area contributed by atoms with Crippen LogP contribution in [0.15, 0.2) is 61.7 Å². The zero-order valence-electron chi connectivity index (χ0n) is 10.4. The van der Waals surface area contributed by atoms with Crippen LogP contribution in [0.2, 0.25) is 0 Å². The van der Waals surface area contributed by atoms with Gasteiger partial charge >= 0.3 is 0 Å². The highest BCUT2D eigenvalue weighted by Gasteiger charge is 2.01. The monoisotopic (exact) mass is 232 g/mol. The van der Waals surface area contributed by atoms with Gasteiger partial charge in [-0.2, -0.15) is 0 Å².